The van der Waals surface area contributed by atoms with E-state index in [4.69, 9.17) is 11.3 Å². The van der Waals surface area contributed by atoms with E-state index in [0.717, 1.165) is 63.4 Å². The van der Waals surface area contributed by atoms with E-state index in [-0.39, 0.29) is 18.1 Å². The van der Waals surface area contributed by atoms with Crippen LogP contribution in [0.2, 0.25) is 0 Å². The lowest BCUT2D eigenvalue weighted by Gasteiger charge is -2.36. The van der Waals surface area contributed by atoms with E-state index in [1.54, 1.807) is 4.90 Å². The fraction of sp³-hybridized carbons (Fsp3) is 0.500. The molecule has 2 heterocycles. The molecule has 0 bridgehead atoms. The average molecular weight is 461 g/mol. The fourth-order valence-corrected chi connectivity index (χ4v) is 5.23. The van der Waals surface area contributed by atoms with Gasteiger partial charge in [-0.1, -0.05) is 62.4 Å². The zero-order chi connectivity index (χ0) is 24.0. The Morgan fingerprint density at radius 1 is 1.00 bits per heavy atom. The summed E-state index contributed by atoms with van der Waals surface area (Å²) in [6.45, 7) is 18.7. The maximum atomic E-state index is 12.3. The predicted octanol–water partition coefficient (Wildman–Crippen LogP) is 4.88. The van der Waals surface area contributed by atoms with Gasteiger partial charge in [-0.3, -0.25) is 9.80 Å². The summed E-state index contributed by atoms with van der Waals surface area (Å²) in [5.41, 5.74) is 1.59. The summed E-state index contributed by atoms with van der Waals surface area (Å²) >= 11 is 0. The molecule has 6 nitrogen and oxygen atoms in total. The van der Waals surface area contributed by atoms with Gasteiger partial charge in [0.25, 0.3) is 5.54 Å². The van der Waals surface area contributed by atoms with Gasteiger partial charge in [-0.2, -0.15) is 0 Å². The van der Waals surface area contributed by atoms with Crippen LogP contribution < -0.4 is 4.90 Å². The highest BCUT2D eigenvalue weighted by Crippen LogP contribution is 2.38. The Labute approximate surface area is 203 Å². The largest absolute Gasteiger partial charge is 0.443 e. The van der Waals surface area contributed by atoms with Crippen LogP contribution in [-0.2, 0) is 10.3 Å². The molecule has 2 fully saturated rings. The molecule has 0 aliphatic carbocycles. The molecule has 2 aromatic rings. The number of carbonyl (C=O) groups is 1. The minimum Gasteiger partial charge on any atom is -0.443 e. The molecule has 4 rings (SSSR count). The molecule has 34 heavy (non-hydrogen) atoms. The third kappa shape index (κ3) is 5.43. The van der Waals surface area contributed by atoms with E-state index in [1.165, 1.54) is 0 Å². The van der Waals surface area contributed by atoms with E-state index in [9.17, 15) is 4.79 Å². The molecule has 0 radical (unpaired) electrons. The molecule has 2 aliphatic rings. The molecule has 2 saturated heterocycles. The maximum absolute atomic E-state index is 12.3. The second kappa shape index (κ2) is 11.0. The number of hydrogen-bond donors (Lipinski definition) is 0. The number of rotatable bonds is 9. The Hall–Kier alpha value is -2.88. The number of cyclic esters (lactones) is 1. The summed E-state index contributed by atoms with van der Waals surface area (Å²) in [5, 5.41) is 0. The number of nitrogens with zero attached hydrogens (tertiary/aromatic N) is 4. The lowest BCUT2D eigenvalue weighted by atomic mass is 9.77. The first kappa shape index (κ1) is 24.3. The van der Waals surface area contributed by atoms with Crippen molar-refractivity contribution in [2.75, 3.05) is 50.7 Å². The van der Waals surface area contributed by atoms with Crippen LogP contribution >= 0.6 is 0 Å². The third-order valence-electron chi connectivity index (χ3n) is 7.33. The Balaban J connectivity index is 1.22. The number of anilines is 1. The van der Waals surface area contributed by atoms with Crippen LogP contribution in [0, 0.1) is 12.5 Å². The Bertz CT molecular complexity index is 967. The zero-order valence-corrected chi connectivity index (χ0v) is 20.4. The van der Waals surface area contributed by atoms with Crippen molar-refractivity contribution in [2.24, 2.45) is 5.92 Å². The molecular weight excluding hydrogens is 424 g/mol. The van der Waals surface area contributed by atoms with E-state index in [1.807, 2.05) is 48.5 Å². The summed E-state index contributed by atoms with van der Waals surface area (Å²) in [4.78, 5) is 23.1. The first-order valence-corrected chi connectivity index (χ1v) is 12.4. The molecule has 2 aliphatic heterocycles. The van der Waals surface area contributed by atoms with E-state index in [2.05, 4.69) is 40.6 Å². The summed E-state index contributed by atoms with van der Waals surface area (Å²) in [6, 6.07) is 20.0. The van der Waals surface area contributed by atoms with Crippen LogP contribution in [0.4, 0.5) is 10.5 Å². The van der Waals surface area contributed by atoms with Crippen LogP contribution in [0.5, 0.6) is 0 Å². The predicted molar refractivity (Wildman–Crippen MR) is 136 cm³/mol. The van der Waals surface area contributed by atoms with Gasteiger partial charge < -0.3 is 14.5 Å². The molecule has 0 saturated carbocycles. The van der Waals surface area contributed by atoms with Gasteiger partial charge in [-0.05, 0) is 25.1 Å². The number of carbonyl (C=O) groups excluding carboxylic acids is 1. The lowest BCUT2D eigenvalue weighted by Crippen LogP contribution is -2.49. The minimum absolute atomic E-state index is 0.0875. The third-order valence-corrected chi connectivity index (χ3v) is 7.33. The number of ether oxygens (including phenoxy) is 1. The van der Waals surface area contributed by atoms with Crippen molar-refractivity contribution in [3.8, 4) is 0 Å². The molecule has 0 aromatic heterocycles. The Kier molecular flexibility index (Phi) is 7.87. The van der Waals surface area contributed by atoms with Crippen molar-refractivity contribution in [2.45, 2.75) is 38.3 Å². The van der Waals surface area contributed by atoms with Gasteiger partial charge in [0.05, 0.1) is 6.54 Å². The summed E-state index contributed by atoms with van der Waals surface area (Å²) in [6.07, 6.45) is 1.56. The average Bonchev–Trinajstić information content (AvgIpc) is 3.23. The van der Waals surface area contributed by atoms with Crippen molar-refractivity contribution in [3.05, 3.63) is 77.6 Å². The quantitative estimate of drug-likeness (QED) is 0.500. The second-order valence-corrected chi connectivity index (χ2v) is 9.75. The monoisotopic (exact) mass is 460 g/mol. The van der Waals surface area contributed by atoms with E-state index < -0.39 is 5.54 Å². The molecule has 2 atom stereocenters. The molecule has 0 spiro atoms. The molecule has 2 unspecified atom stereocenters. The molecule has 0 N–H and O–H groups in total. The summed E-state index contributed by atoms with van der Waals surface area (Å²) in [7, 11) is 0. The van der Waals surface area contributed by atoms with E-state index >= 15 is 0 Å². The van der Waals surface area contributed by atoms with Crippen molar-refractivity contribution in [1.29, 1.82) is 0 Å². The number of para-hydroxylation sites is 1. The topological polar surface area (TPSA) is 40.4 Å². The first-order valence-electron chi connectivity index (χ1n) is 12.4. The zero-order valence-electron chi connectivity index (χ0n) is 20.4. The van der Waals surface area contributed by atoms with Crippen molar-refractivity contribution >= 4 is 11.8 Å². The second-order valence-electron chi connectivity index (χ2n) is 9.75. The molecule has 180 valence electrons. The summed E-state index contributed by atoms with van der Waals surface area (Å²) < 4.78 is 5.64. The van der Waals surface area contributed by atoms with Gasteiger partial charge in [-0.25, -0.2) is 11.4 Å². The van der Waals surface area contributed by atoms with Crippen molar-refractivity contribution in [1.82, 2.24) is 9.80 Å². The highest BCUT2D eigenvalue weighted by atomic mass is 16.6. The van der Waals surface area contributed by atoms with Gasteiger partial charge in [0, 0.05) is 56.3 Å². The number of benzene rings is 2. The molecule has 1 amide bonds. The van der Waals surface area contributed by atoms with Crippen molar-refractivity contribution < 1.29 is 9.53 Å². The highest BCUT2D eigenvalue weighted by molar-refractivity contribution is 5.89. The van der Waals surface area contributed by atoms with Crippen LogP contribution in [0.25, 0.3) is 4.85 Å². The minimum atomic E-state index is -0.444. The number of piperazine rings is 1. The number of hydrogen-bond acceptors (Lipinski definition) is 4. The van der Waals surface area contributed by atoms with Crippen LogP contribution in [0.15, 0.2) is 60.7 Å². The Morgan fingerprint density at radius 3 is 2.24 bits per heavy atom. The van der Waals surface area contributed by atoms with Gasteiger partial charge in [0.2, 0.25) is 0 Å². The normalized spacial score (nSPS) is 21.3. The highest BCUT2D eigenvalue weighted by Gasteiger charge is 2.42. The Morgan fingerprint density at radius 2 is 1.62 bits per heavy atom. The SMILES string of the molecule is [C-]#[N+]C(CCCN1CCN(CC2CN(c3ccccc3)C(=O)O2)CC1)(c1ccccc1)C(C)C. The van der Waals surface area contributed by atoms with Crippen LogP contribution in [0.1, 0.15) is 32.3 Å². The first-order chi connectivity index (χ1) is 16.5. The van der Waals surface area contributed by atoms with Gasteiger partial charge in [0.1, 0.15) is 6.10 Å². The number of amides is 1. The molecule has 6 heteroatoms. The maximum Gasteiger partial charge on any atom is 0.414 e. The van der Waals surface area contributed by atoms with Crippen LogP contribution in [0.3, 0.4) is 0 Å². The van der Waals surface area contributed by atoms with Gasteiger partial charge >= 0.3 is 6.09 Å². The standard InChI is InChI=1S/C28H36N4O2/c1-23(2)28(29-3,24-11-6-4-7-12-24)15-10-16-30-17-19-31(20-18-30)21-26-22-32(27(33)34-26)25-13-8-5-9-14-25/h4-9,11-14,23,26H,10,15-22H2,1-2H3. The van der Waals surface area contributed by atoms with Crippen LogP contribution in [-0.4, -0.2) is 67.8 Å². The van der Waals surface area contributed by atoms with Crippen molar-refractivity contribution in [3.63, 3.8) is 0 Å². The lowest BCUT2D eigenvalue weighted by molar-refractivity contribution is 0.0757. The molecular formula is C28H36N4O2. The fourth-order valence-electron chi connectivity index (χ4n) is 5.23. The molecule has 2 aromatic carbocycles. The van der Waals surface area contributed by atoms with Gasteiger partial charge in [-0.15, -0.1) is 0 Å². The van der Waals surface area contributed by atoms with E-state index in [0.29, 0.717) is 6.54 Å². The summed E-state index contributed by atoms with van der Waals surface area (Å²) in [5.74, 6) is 0.272. The van der Waals surface area contributed by atoms with Gasteiger partial charge in [0.15, 0.2) is 0 Å². The smallest absolute Gasteiger partial charge is 0.414 e.